The number of aromatic hydroxyl groups is 1. The van der Waals surface area contributed by atoms with Gasteiger partial charge in [0.25, 0.3) is 0 Å². The van der Waals surface area contributed by atoms with Gasteiger partial charge in [-0.05, 0) is 71.2 Å². The van der Waals surface area contributed by atoms with Gasteiger partial charge in [0.15, 0.2) is 5.78 Å². The second-order valence-electron chi connectivity index (χ2n) is 11.4. The Bertz CT molecular complexity index is 1570. The highest BCUT2D eigenvalue weighted by molar-refractivity contribution is 7.21. The molecule has 2 unspecified atom stereocenters. The van der Waals surface area contributed by atoms with Crippen molar-refractivity contribution in [3.8, 4) is 16.9 Å². The molecule has 1 saturated carbocycles. The van der Waals surface area contributed by atoms with Gasteiger partial charge in [0.1, 0.15) is 16.4 Å². The molecule has 4 aromatic rings. The molecule has 4 nitrogen and oxygen atoms in total. The van der Waals surface area contributed by atoms with Crippen LogP contribution in [0.2, 0.25) is 0 Å². The van der Waals surface area contributed by atoms with Crippen LogP contribution in [-0.4, -0.2) is 17.1 Å². The van der Waals surface area contributed by atoms with E-state index in [9.17, 15) is 28.0 Å². The Labute approximate surface area is 245 Å². The van der Waals surface area contributed by atoms with E-state index in [1.165, 1.54) is 47.7 Å². The lowest BCUT2D eigenvalue weighted by atomic mass is 9.76. The highest BCUT2D eigenvalue weighted by Crippen LogP contribution is 2.41. The Kier molecular flexibility index (Phi) is 8.78. The molecule has 0 radical (unpaired) electrons. The van der Waals surface area contributed by atoms with Crippen LogP contribution >= 0.6 is 11.3 Å². The Hall–Kier alpha value is -3.59. The van der Waals surface area contributed by atoms with Crippen LogP contribution in [0.1, 0.15) is 65.9 Å². The van der Waals surface area contributed by atoms with Crippen molar-refractivity contribution in [2.75, 3.05) is 0 Å². The third kappa shape index (κ3) is 6.41. The van der Waals surface area contributed by atoms with E-state index in [0.717, 1.165) is 30.4 Å². The highest BCUT2D eigenvalue weighted by atomic mass is 32.1. The first-order valence-electron chi connectivity index (χ1n) is 14.1. The number of hydrogen-bond acceptors (Lipinski definition) is 5. The number of thiophene rings is 1. The minimum atomic E-state index is -4.80. The molecule has 1 heterocycles. The zero-order valence-corrected chi connectivity index (χ0v) is 23.9. The van der Waals surface area contributed by atoms with Crippen LogP contribution in [-0.2, 0) is 6.42 Å². The zero-order valence-electron chi connectivity index (χ0n) is 23.0. The molecule has 42 heavy (non-hydrogen) atoms. The summed E-state index contributed by atoms with van der Waals surface area (Å²) in [5.74, 6) is -0.330. The van der Waals surface area contributed by atoms with Crippen LogP contribution in [0.3, 0.4) is 0 Å². The molecular formula is C33H31F4NO3S. The van der Waals surface area contributed by atoms with Crippen LogP contribution in [0.4, 0.5) is 17.6 Å². The third-order valence-electron chi connectivity index (χ3n) is 8.40. The molecule has 0 saturated heterocycles. The van der Waals surface area contributed by atoms with E-state index >= 15 is 4.39 Å². The number of hydrogen-bond donors (Lipinski definition) is 1. The second kappa shape index (κ2) is 12.3. The summed E-state index contributed by atoms with van der Waals surface area (Å²) < 4.78 is 55.4. The number of benzene rings is 3. The minimum absolute atomic E-state index is 0.0425. The lowest BCUT2D eigenvalue weighted by molar-refractivity contribution is -0.148. The molecule has 0 bridgehead atoms. The Morgan fingerprint density at radius 3 is 2.31 bits per heavy atom. The van der Waals surface area contributed by atoms with E-state index in [0.29, 0.717) is 40.3 Å². The van der Waals surface area contributed by atoms with Crippen molar-refractivity contribution in [2.24, 2.45) is 22.9 Å². The molecular weight excluding hydrogens is 566 g/mol. The molecule has 220 valence electrons. The lowest BCUT2D eigenvalue weighted by Crippen LogP contribution is -2.23. The predicted molar refractivity (Wildman–Crippen MR) is 157 cm³/mol. The summed E-state index contributed by atoms with van der Waals surface area (Å²) in [6.45, 7) is 2.22. The first-order chi connectivity index (χ1) is 20.0. The summed E-state index contributed by atoms with van der Waals surface area (Å²) in [6.07, 6.45) is 0.0477. The highest BCUT2D eigenvalue weighted by Gasteiger charge is 2.42. The maximum absolute atomic E-state index is 15.2. The van der Waals surface area contributed by atoms with Crippen molar-refractivity contribution in [3.05, 3.63) is 93.5 Å². The fourth-order valence-electron chi connectivity index (χ4n) is 5.98. The van der Waals surface area contributed by atoms with Gasteiger partial charge in [-0.2, -0.15) is 13.2 Å². The summed E-state index contributed by atoms with van der Waals surface area (Å²) in [5, 5.41) is 13.8. The molecule has 1 fully saturated rings. The third-order valence-corrected chi connectivity index (χ3v) is 9.58. The standard InChI is InChI=1S/C33H31F4NO3S/c1-19-6-8-20(9-7-19)16-25(29(39)31-30(40)26-4-2-3-5-28(26)42-31)18-24-17-23(14-15-27(24)34)21-10-12-22(13-11-21)32(38-41)33(35,36)37/h2-5,10-15,17,19-20,25,32,40H,6-9,16,18H2,1H3. The molecule has 9 heteroatoms. The number of ketones is 1. The average molecular weight is 598 g/mol. The molecule has 1 aliphatic rings. The molecule has 0 amide bonds. The normalized spacial score (nSPS) is 19.0. The first-order valence-corrected chi connectivity index (χ1v) is 14.9. The van der Waals surface area contributed by atoms with Gasteiger partial charge in [-0.1, -0.05) is 80.2 Å². The molecule has 1 N–H and O–H groups in total. The van der Waals surface area contributed by atoms with E-state index in [2.05, 4.69) is 12.1 Å². The Morgan fingerprint density at radius 2 is 1.67 bits per heavy atom. The van der Waals surface area contributed by atoms with Gasteiger partial charge in [-0.25, -0.2) is 4.39 Å². The molecule has 0 spiro atoms. The Balaban J connectivity index is 1.45. The average Bonchev–Trinajstić information content (AvgIpc) is 3.31. The fraction of sp³-hybridized carbons (Fsp3) is 0.364. The predicted octanol–water partition coefficient (Wildman–Crippen LogP) is 10.0. The topological polar surface area (TPSA) is 66.7 Å². The van der Waals surface area contributed by atoms with Gasteiger partial charge in [0.2, 0.25) is 6.04 Å². The van der Waals surface area contributed by atoms with Gasteiger partial charge < -0.3 is 5.11 Å². The van der Waals surface area contributed by atoms with Crippen molar-refractivity contribution < 1.29 is 27.5 Å². The lowest BCUT2D eigenvalue weighted by Gasteiger charge is -2.29. The van der Waals surface area contributed by atoms with Gasteiger partial charge >= 0.3 is 6.18 Å². The van der Waals surface area contributed by atoms with E-state index in [4.69, 9.17) is 0 Å². The summed E-state index contributed by atoms with van der Waals surface area (Å²) in [6, 6.07) is 14.5. The van der Waals surface area contributed by atoms with Gasteiger partial charge in [-0.3, -0.25) is 4.79 Å². The quantitative estimate of drug-likeness (QED) is 0.119. The number of carbonyl (C=O) groups is 1. The summed E-state index contributed by atoms with van der Waals surface area (Å²) in [7, 11) is 0. The van der Waals surface area contributed by atoms with Crippen LogP contribution in [0.5, 0.6) is 5.75 Å². The number of Topliss-reactive ketones (excluding diaryl/α,β-unsaturated/α-hetero) is 1. The van der Waals surface area contributed by atoms with Crippen molar-refractivity contribution in [1.82, 2.24) is 0 Å². The summed E-state index contributed by atoms with van der Waals surface area (Å²) >= 11 is 1.24. The molecule has 5 rings (SSSR count). The molecule has 2 atom stereocenters. The molecule has 1 aliphatic carbocycles. The maximum atomic E-state index is 15.2. The van der Waals surface area contributed by atoms with Gasteiger partial charge in [0, 0.05) is 16.0 Å². The van der Waals surface area contributed by atoms with E-state index in [-0.39, 0.29) is 28.4 Å². The number of halogens is 4. The molecule has 3 aromatic carbocycles. The number of nitroso groups, excluding NO2 is 1. The number of carbonyl (C=O) groups excluding carboxylic acids is 1. The van der Waals surface area contributed by atoms with E-state index < -0.39 is 24.0 Å². The van der Waals surface area contributed by atoms with Gasteiger partial charge in [-0.15, -0.1) is 16.2 Å². The van der Waals surface area contributed by atoms with Crippen LogP contribution in [0.15, 0.2) is 71.9 Å². The first kappa shape index (κ1) is 29.9. The van der Waals surface area contributed by atoms with Crippen molar-refractivity contribution in [1.29, 1.82) is 0 Å². The number of nitrogens with zero attached hydrogens (tertiary/aromatic N) is 1. The number of alkyl halides is 3. The largest absolute Gasteiger partial charge is 0.506 e. The van der Waals surface area contributed by atoms with Crippen molar-refractivity contribution in [3.63, 3.8) is 0 Å². The Morgan fingerprint density at radius 1 is 1.00 bits per heavy atom. The number of rotatable bonds is 9. The van der Waals surface area contributed by atoms with E-state index in [1.807, 2.05) is 12.1 Å². The summed E-state index contributed by atoms with van der Waals surface area (Å²) in [5.41, 5.74) is 1.16. The number of fused-ring (bicyclic) bond motifs is 1. The fourth-order valence-corrected chi connectivity index (χ4v) is 7.09. The SMILES string of the molecule is CC1CCC(CC(Cc2cc(-c3ccc(C(N=O)C(F)(F)F)cc3)ccc2F)C(=O)c2sc3ccccc3c2O)CC1. The minimum Gasteiger partial charge on any atom is -0.506 e. The van der Waals surface area contributed by atoms with Crippen molar-refractivity contribution >= 4 is 27.2 Å². The molecule has 1 aromatic heterocycles. The van der Waals surface area contributed by atoms with E-state index in [1.54, 1.807) is 18.2 Å². The smallest absolute Gasteiger partial charge is 0.418 e. The van der Waals surface area contributed by atoms with Crippen molar-refractivity contribution in [2.45, 2.75) is 57.7 Å². The monoisotopic (exact) mass is 597 g/mol. The second-order valence-corrected chi connectivity index (χ2v) is 12.4. The maximum Gasteiger partial charge on any atom is 0.418 e. The molecule has 0 aliphatic heterocycles. The van der Waals surface area contributed by atoms with Crippen LogP contribution in [0, 0.1) is 28.5 Å². The van der Waals surface area contributed by atoms with Gasteiger partial charge in [0.05, 0.1) is 0 Å². The zero-order chi connectivity index (χ0) is 30.0. The summed E-state index contributed by atoms with van der Waals surface area (Å²) in [4.78, 5) is 25.1. The van der Waals surface area contributed by atoms with Crippen LogP contribution in [0.25, 0.3) is 21.2 Å². The van der Waals surface area contributed by atoms with Crippen LogP contribution < -0.4 is 0 Å².